The summed E-state index contributed by atoms with van der Waals surface area (Å²) in [7, 11) is -3.44. The topological polar surface area (TPSA) is 103 Å². The molecule has 168 valence electrons. The molecule has 1 aliphatic rings. The van der Waals surface area contributed by atoms with E-state index in [1.165, 1.54) is 0 Å². The van der Waals surface area contributed by atoms with Crippen LogP contribution in [-0.4, -0.2) is 44.6 Å². The van der Waals surface area contributed by atoms with Gasteiger partial charge in [-0.25, -0.2) is 22.9 Å². The molecule has 3 N–H and O–H groups in total. The number of hydrogen-bond donors (Lipinski definition) is 3. The summed E-state index contributed by atoms with van der Waals surface area (Å²) in [4.78, 5) is 18.9. The van der Waals surface area contributed by atoms with Gasteiger partial charge >= 0.3 is 6.03 Å². The van der Waals surface area contributed by atoms with Crippen LogP contribution in [0.4, 0.5) is 16.3 Å². The Labute approximate surface area is 184 Å². The first-order chi connectivity index (χ1) is 14.8. The molecule has 2 aromatic rings. The second-order valence-corrected chi connectivity index (χ2v) is 9.74. The van der Waals surface area contributed by atoms with Crippen molar-refractivity contribution in [3.63, 3.8) is 0 Å². The Morgan fingerprint density at radius 2 is 2.10 bits per heavy atom. The van der Waals surface area contributed by atoms with Gasteiger partial charge < -0.3 is 15.5 Å². The second kappa shape index (κ2) is 10.6. The molecule has 2 unspecified atom stereocenters. The molecule has 2 heterocycles. The number of carbonyl (C=O) groups excluding carboxylic acids is 1. The lowest BCUT2D eigenvalue weighted by Gasteiger charge is -2.18. The predicted octanol–water partition coefficient (Wildman–Crippen LogP) is 3.09. The molecule has 1 aromatic heterocycles. The molecule has 31 heavy (non-hydrogen) atoms. The van der Waals surface area contributed by atoms with Crippen LogP contribution in [0.2, 0.25) is 0 Å². The van der Waals surface area contributed by atoms with Crippen molar-refractivity contribution in [3.8, 4) is 0 Å². The van der Waals surface area contributed by atoms with Crippen molar-refractivity contribution in [1.82, 2.24) is 15.0 Å². The Morgan fingerprint density at radius 1 is 1.26 bits per heavy atom. The Bertz CT molecular complexity index is 968. The Morgan fingerprint density at radius 3 is 2.84 bits per heavy atom. The van der Waals surface area contributed by atoms with Gasteiger partial charge in [-0.2, -0.15) is 0 Å². The molecule has 0 radical (unpaired) electrons. The van der Waals surface area contributed by atoms with E-state index in [2.05, 4.69) is 25.2 Å². The van der Waals surface area contributed by atoms with Crippen LogP contribution in [0.5, 0.6) is 0 Å². The monoisotopic (exact) mass is 445 g/mol. The highest BCUT2D eigenvalue weighted by Crippen LogP contribution is 2.18. The first-order valence-corrected chi connectivity index (χ1v) is 12.3. The van der Waals surface area contributed by atoms with Gasteiger partial charge in [-0.05, 0) is 49.6 Å². The summed E-state index contributed by atoms with van der Waals surface area (Å²) >= 11 is 0. The van der Waals surface area contributed by atoms with Crippen molar-refractivity contribution in [2.45, 2.75) is 50.9 Å². The van der Waals surface area contributed by atoms with Gasteiger partial charge in [-0.15, -0.1) is 0 Å². The van der Waals surface area contributed by atoms with Gasteiger partial charge in [-0.1, -0.05) is 31.5 Å². The summed E-state index contributed by atoms with van der Waals surface area (Å²) in [5, 5.41) is 5.80. The highest BCUT2D eigenvalue weighted by Gasteiger charge is 2.24. The number of nitrogens with one attached hydrogen (secondary N) is 3. The average molecular weight is 446 g/mol. The summed E-state index contributed by atoms with van der Waals surface area (Å²) in [6.45, 7) is 5.41. The quantitative estimate of drug-likeness (QED) is 0.550. The predicted molar refractivity (Wildman–Crippen MR) is 124 cm³/mol. The van der Waals surface area contributed by atoms with E-state index in [4.69, 9.17) is 0 Å². The van der Waals surface area contributed by atoms with Crippen LogP contribution in [0.3, 0.4) is 0 Å². The zero-order valence-corrected chi connectivity index (χ0v) is 18.9. The number of nitrogens with zero attached hydrogens (tertiary/aromatic N) is 2. The largest absolute Gasteiger partial charge is 0.354 e. The molecule has 1 saturated heterocycles. The van der Waals surface area contributed by atoms with Gasteiger partial charge in [0.15, 0.2) is 0 Å². The van der Waals surface area contributed by atoms with Crippen LogP contribution in [0.25, 0.3) is 0 Å². The summed E-state index contributed by atoms with van der Waals surface area (Å²) in [5.74, 6) is 0.780. The molecule has 0 bridgehead atoms. The lowest BCUT2D eigenvalue weighted by molar-refractivity contribution is 0.249. The maximum Gasteiger partial charge on any atom is 0.319 e. The van der Waals surface area contributed by atoms with Crippen LogP contribution < -0.4 is 20.3 Å². The van der Waals surface area contributed by atoms with Crippen molar-refractivity contribution in [3.05, 3.63) is 54.2 Å². The van der Waals surface area contributed by atoms with Gasteiger partial charge in [0.05, 0.1) is 5.75 Å². The number of amides is 2. The van der Waals surface area contributed by atoms with Gasteiger partial charge in [-0.3, -0.25) is 0 Å². The van der Waals surface area contributed by atoms with Crippen molar-refractivity contribution < 1.29 is 13.2 Å². The highest BCUT2D eigenvalue weighted by molar-refractivity contribution is 7.88. The molecule has 1 fully saturated rings. The third-order valence-corrected chi connectivity index (χ3v) is 6.62. The zero-order valence-electron chi connectivity index (χ0n) is 18.0. The Kier molecular flexibility index (Phi) is 7.86. The molecule has 1 aliphatic heterocycles. The molecule has 1 aromatic carbocycles. The Balaban J connectivity index is 1.52. The van der Waals surface area contributed by atoms with Gasteiger partial charge in [0.25, 0.3) is 0 Å². The molecule has 2 atom stereocenters. The number of anilines is 2. The number of benzene rings is 1. The lowest BCUT2D eigenvalue weighted by atomic mass is 10.2. The van der Waals surface area contributed by atoms with Crippen LogP contribution >= 0.6 is 0 Å². The smallest absolute Gasteiger partial charge is 0.319 e. The van der Waals surface area contributed by atoms with E-state index in [-0.39, 0.29) is 23.9 Å². The van der Waals surface area contributed by atoms with Crippen LogP contribution in [0.15, 0.2) is 48.7 Å². The van der Waals surface area contributed by atoms with Crippen molar-refractivity contribution in [2.75, 3.05) is 23.3 Å². The molecule has 2 amide bonds. The summed E-state index contributed by atoms with van der Waals surface area (Å²) in [6, 6.07) is 12.3. The molecule has 0 aliphatic carbocycles. The first kappa shape index (κ1) is 23.0. The fraction of sp³-hybridized carbons (Fsp3) is 0.455. The number of rotatable bonds is 9. The van der Waals surface area contributed by atoms with Crippen molar-refractivity contribution in [1.29, 1.82) is 0 Å². The second-order valence-electron chi connectivity index (χ2n) is 7.99. The van der Waals surface area contributed by atoms with E-state index in [9.17, 15) is 13.2 Å². The molecule has 0 spiro atoms. The summed E-state index contributed by atoms with van der Waals surface area (Å²) in [6.07, 6.45) is 4.30. The minimum absolute atomic E-state index is 0.0230. The summed E-state index contributed by atoms with van der Waals surface area (Å²) in [5.41, 5.74) is 1.18. The number of hydrogen-bond acceptors (Lipinski definition) is 5. The maximum absolute atomic E-state index is 12.4. The van der Waals surface area contributed by atoms with Crippen LogP contribution in [0.1, 0.15) is 38.7 Å². The number of pyridine rings is 1. The van der Waals surface area contributed by atoms with Gasteiger partial charge in [0.1, 0.15) is 5.82 Å². The zero-order chi connectivity index (χ0) is 22.3. The number of carbonyl (C=O) groups is 1. The fourth-order valence-electron chi connectivity index (χ4n) is 3.78. The molecule has 0 saturated carbocycles. The lowest BCUT2D eigenvalue weighted by Crippen LogP contribution is -2.39. The molecule has 3 rings (SSSR count). The minimum atomic E-state index is -3.44. The third-order valence-electron chi connectivity index (χ3n) is 5.14. The average Bonchev–Trinajstić information content (AvgIpc) is 3.16. The first-order valence-electron chi connectivity index (χ1n) is 10.7. The number of urea groups is 1. The molecule has 8 nitrogen and oxygen atoms in total. The Hall–Kier alpha value is -2.65. The SMILES string of the molecule is CCCC(C)NS(=O)(=O)Cc1cccc(NC(=O)NC2CCN(c3ccccn3)C2)c1. The van der Waals surface area contributed by atoms with E-state index in [0.29, 0.717) is 17.8 Å². The van der Waals surface area contributed by atoms with Crippen molar-refractivity contribution >= 4 is 27.6 Å². The van der Waals surface area contributed by atoms with Gasteiger partial charge in [0.2, 0.25) is 10.0 Å². The fourth-order valence-corrected chi connectivity index (χ4v) is 5.21. The van der Waals surface area contributed by atoms with Crippen molar-refractivity contribution in [2.24, 2.45) is 0 Å². The molecular weight excluding hydrogens is 414 g/mol. The molecule has 9 heteroatoms. The highest BCUT2D eigenvalue weighted by atomic mass is 32.2. The van der Waals surface area contributed by atoms with E-state index in [0.717, 1.165) is 31.6 Å². The van der Waals surface area contributed by atoms with E-state index in [1.54, 1.807) is 30.5 Å². The van der Waals surface area contributed by atoms with E-state index < -0.39 is 10.0 Å². The minimum Gasteiger partial charge on any atom is -0.354 e. The number of sulfonamides is 1. The van der Waals surface area contributed by atoms with Gasteiger partial charge in [0, 0.05) is 37.1 Å². The van der Waals surface area contributed by atoms with Crippen LogP contribution in [-0.2, 0) is 15.8 Å². The maximum atomic E-state index is 12.4. The number of aromatic nitrogens is 1. The summed E-state index contributed by atoms with van der Waals surface area (Å²) < 4.78 is 27.4. The standard InChI is InChI=1S/C22H31N5O3S/c1-3-7-17(2)26-31(29,30)16-18-8-6-9-19(14-18)24-22(28)25-20-11-13-27(15-20)21-10-4-5-12-23-21/h4-6,8-10,12,14,17,20,26H,3,7,11,13,15-16H2,1-2H3,(H2,24,25,28). The van der Waals surface area contributed by atoms with Crippen LogP contribution in [0, 0.1) is 0 Å². The van der Waals surface area contributed by atoms with E-state index in [1.807, 2.05) is 32.0 Å². The normalized spacial score (nSPS) is 17.4. The molecular formula is C22H31N5O3S. The third kappa shape index (κ3) is 7.22. The van der Waals surface area contributed by atoms with E-state index >= 15 is 0 Å².